The molecule has 2 aromatic carbocycles. The van der Waals surface area contributed by atoms with E-state index >= 15 is 4.39 Å². The molecule has 1 fully saturated rings. The van der Waals surface area contributed by atoms with E-state index in [1.165, 1.54) is 0 Å². The van der Waals surface area contributed by atoms with Gasteiger partial charge in [-0.2, -0.15) is 0 Å². The molecule has 0 aliphatic carbocycles. The van der Waals surface area contributed by atoms with Crippen molar-refractivity contribution in [2.45, 2.75) is 51.1 Å². The van der Waals surface area contributed by atoms with E-state index in [1.807, 2.05) is 19.0 Å². The van der Waals surface area contributed by atoms with Crippen molar-refractivity contribution in [2.24, 2.45) is 5.41 Å². The third-order valence-electron chi connectivity index (χ3n) is 8.25. The highest BCUT2D eigenvalue weighted by Gasteiger charge is 2.37. The topological polar surface area (TPSA) is 65.9 Å². The molecule has 1 aromatic heterocycles. The molecule has 0 bridgehead atoms. The second-order valence-corrected chi connectivity index (χ2v) is 11.2. The first-order valence-electron chi connectivity index (χ1n) is 13.9. The summed E-state index contributed by atoms with van der Waals surface area (Å²) in [6, 6.07) is 6.91. The molecule has 222 valence electrons. The number of hydrogen-bond acceptors (Lipinski definition) is 5. The van der Waals surface area contributed by atoms with E-state index in [4.69, 9.17) is 4.74 Å². The predicted octanol–water partition coefficient (Wildman–Crippen LogP) is 6.71. The molecule has 1 saturated heterocycles. The van der Waals surface area contributed by atoms with Crippen LogP contribution in [0.5, 0.6) is 5.75 Å². The molecule has 1 aliphatic heterocycles. The van der Waals surface area contributed by atoms with Crippen molar-refractivity contribution in [3.63, 3.8) is 0 Å². The van der Waals surface area contributed by atoms with Gasteiger partial charge in [-0.1, -0.05) is 0 Å². The van der Waals surface area contributed by atoms with Crippen LogP contribution in [0.15, 0.2) is 36.5 Å². The number of pyridine rings is 1. The Balaban J connectivity index is 1.43. The Morgan fingerprint density at radius 2 is 1.90 bits per heavy atom. The number of aryl methyl sites for hydroxylation is 1. The van der Waals surface area contributed by atoms with Crippen LogP contribution in [0.4, 0.5) is 23.2 Å². The molecule has 1 aliphatic rings. The molecule has 41 heavy (non-hydrogen) atoms. The number of likely N-dealkylation sites (tertiary alicyclic amines) is 1. The number of methoxy groups -OCH3 is 1. The number of piperidine rings is 1. The first-order chi connectivity index (χ1) is 19.5. The number of carbonyl (C=O) groups is 1. The Hall–Kier alpha value is -3.40. The van der Waals surface area contributed by atoms with Crippen LogP contribution in [-0.4, -0.2) is 61.8 Å². The third-order valence-corrected chi connectivity index (χ3v) is 8.25. The number of hydrogen-bond donors (Lipinski definition) is 1. The van der Waals surface area contributed by atoms with Crippen molar-refractivity contribution < 1.29 is 32.2 Å². The second kappa shape index (κ2) is 13.1. The molecule has 3 aromatic rings. The van der Waals surface area contributed by atoms with Crippen LogP contribution in [0.25, 0.3) is 10.9 Å². The summed E-state index contributed by atoms with van der Waals surface area (Å²) < 4.78 is 62.5. The highest BCUT2D eigenvalue weighted by molar-refractivity contribution is 5.88. The fourth-order valence-corrected chi connectivity index (χ4v) is 5.94. The van der Waals surface area contributed by atoms with Gasteiger partial charge < -0.3 is 19.6 Å². The Kier molecular flexibility index (Phi) is 9.73. The predicted molar refractivity (Wildman–Crippen MR) is 151 cm³/mol. The average molecular weight is 576 g/mol. The van der Waals surface area contributed by atoms with Gasteiger partial charge in [0.1, 0.15) is 17.7 Å². The van der Waals surface area contributed by atoms with Gasteiger partial charge in [0.15, 0.2) is 11.6 Å². The van der Waals surface area contributed by atoms with Gasteiger partial charge in [0.05, 0.1) is 30.9 Å². The fourth-order valence-electron chi connectivity index (χ4n) is 5.94. The molecule has 0 amide bonds. The first-order valence-corrected chi connectivity index (χ1v) is 13.9. The Labute approximate surface area is 237 Å². The van der Waals surface area contributed by atoms with E-state index in [-0.39, 0.29) is 24.8 Å². The minimum absolute atomic E-state index is 0.00655. The Morgan fingerprint density at radius 1 is 1.17 bits per heavy atom. The lowest BCUT2D eigenvalue weighted by atomic mass is 9.71. The number of alkyl halides is 1. The number of nitrogens with zero attached hydrogens (tertiary/aromatic N) is 3. The van der Waals surface area contributed by atoms with E-state index in [0.717, 1.165) is 6.07 Å². The number of fused-ring (bicyclic) bond motifs is 1. The van der Waals surface area contributed by atoms with Crippen LogP contribution >= 0.6 is 0 Å². The van der Waals surface area contributed by atoms with E-state index < -0.39 is 35.0 Å². The molecular weight excluding hydrogens is 538 g/mol. The average Bonchev–Trinajstić information content (AvgIpc) is 2.94. The van der Waals surface area contributed by atoms with Crippen molar-refractivity contribution in [1.29, 1.82) is 0 Å². The molecule has 0 saturated carbocycles. The lowest BCUT2D eigenvalue weighted by Crippen LogP contribution is -2.41. The zero-order chi connectivity index (χ0) is 29.7. The Bertz CT molecular complexity index is 1380. The summed E-state index contributed by atoms with van der Waals surface area (Å²) in [5.74, 6) is -3.34. The van der Waals surface area contributed by atoms with Crippen molar-refractivity contribution >= 4 is 22.6 Å². The van der Waals surface area contributed by atoms with Crippen LogP contribution in [-0.2, 0) is 11.2 Å². The van der Waals surface area contributed by atoms with Crippen LogP contribution in [0, 0.1) is 22.9 Å². The molecule has 0 spiro atoms. The van der Waals surface area contributed by atoms with Crippen LogP contribution < -0.4 is 9.64 Å². The zero-order valence-electron chi connectivity index (χ0n) is 23.7. The SMILES string of the molecule is COc1ccc2ncc(N(C)C)c([C@@H](F)CCC3(CC(=O)O)CCN(CCCc4cc(F)cc(F)c4F)CC3)c2c1. The number of benzene rings is 2. The zero-order valence-corrected chi connectivity index (χ0v) is 23.7. The fraction of sp³-hybridized carbons (Fsp3) is 0.484. The maximum Gasteiger partial charge on any atom is 0.303 e. The molecule has 1 atom stereocenters. The molecule has 6 nitrogen and oxygen atoms in total. The highest BCUT2D eigenvalue weighted by atomic mass is 19.2. The van der Waals surface area contributed by atoms with E-state index in [0.29, 0.717) is 79.3 Å². The van der Waals surface area contributed by atoms with Gasteiger partial charge in [-0.3, -0.25) is 9.78 Å². The molecule has 4 rings (SSSR count). The van der Waals surface area contributed by atoms with E-state index in [2.05, 4.69) is 9.88 Å². The number of anilines is 1. The second-order valence-electron chi connectivity index (χ2n) is 11.2. The van der Waals surface area contributed by atoms with Crippen molar-refractivity contribution in [1.82, 2.24) is 9.88 Å². The molecule has 0 unspecified atom stereocenters. The summed E-state index contributed by atoms with van der Waals surface area (Å²) in [5, 5.41) is 10.4. The number of aliphatic carboxylic acids is 1. The van der Waals surface area contributed by atoms with Gasteiger partial charge in [0, 0.05) is 31.1 Å². The van der Waals surface area contributed by atoms with Gasteiger partial charge in [0.2, 0.25) is 0 Å². The lowest BCUT2D eigenvalue weighted by Gasteiger charge is -2.41. The summed E-state index contributed by atoms with van der Waals surface area (Å²) in [5.41, 5.74) is 1.29. The van der Waals surface area contributed by atoms with Crippen molar-refractivity contribution in [3.8, 4) is 5.75 Å². The standard InChI is InChI=1S/C31H37F4N3O3/c1-37(2)27-19-36-26-7-6-22(41-3)17-23(26)29(27)24(33)8-9-31(18-28(39)40)10-13-38(14-11-31)12-4-5-20-15-21(32)16-25(34)30(20)35/h6-7,15-17,19,24H,4-5,8-14,18H2,1-3H3,(H,39,40)/t24-/m0/s1. The van der Waals surface area contributed by atoms with Crippen LogP contribution in [0.1, 0.15) is 55.8 Å². The highest BCUT2D eigenvalue weighted by Crippen LogP contribution is 2.44. The van der Waals surface area contributed by atoms with E-state index in [1.54, 1.807) is 31.5 Å². The minimum Gasteiger partial charge on any atom is -0.497 e. The maximum absolute atomic E-state index is 16.1. The van der Waals surface area contributed by atoms with Gasteiger partial charge in [-0.05, 0) is 93.4 Å². The van der Waals surface area contributed by atoms with Crippen molar-refractivity contribution in [2.75, 3.05) is 45.7 Å². The summed E-state index contributed by atoms with van der Waals surface area (Å²) in [6.45, 7) is 1.81. The third kappa shape index (κ3) is 7.28. The molecule has 1 N–H and O–H groups in total. The smallest absolute Gasteiger partial charge is 0.303 e. The quantitative estimate of drug-likeness (QED) is 0.191. The van der Waals surface area contributed by atoms with Gasteiger partial charge >= 0.3 is 5.97 Å². The van der Waals surface area contributed by atoms with Crippen LogP contribution in [0.2, 0.25) is 0 Å². The molecule has 2 heterocycles. The van der Waals surface area contributed by atoms with E-state index in [9.17, 15) is 23.1 Å². The summed E-state index contributed by atoms with van der Waals surface area (Å²) in [7, 11) is 5.22. The number of aromatic nitrogens is 1. The number of halogens is 4. The monoisotopic (exact) mass is 575 g/mol. The number of carboxylic acids is 1. The number of rotatable bonds is 12. The molecular formula is C31H37F4N3O3. The van der Waals surface area contributed by atoms with Crippen LogP contribution in [0.3, 0.4) is 0 Å². The Morgan fingerprint density at radius 3 is 2.56 bits per heavy atom. The minimum atomic E-state index is -1.34. The molecule has 10 heteroatoms. The largest absolute Gasteiger partial charge is 0.497 e. The number of ether oxygens (including phenoxy) is 1. The van der Waals surface area contributed by atoms with Crippen molar-refractivity contribution in [3.05, 3.63) is 65.1 Å². The maximum atomic E-state index is 16.1. The summed E-state index contributed by atoms with van der Waals surface area (Å²) in [4.78, 5) is 20.3. The van der Waals surface area contributed by atoms with Gasteiger partial charge in [-0.25, -0.2) is 17.6 Å². The lowest BCUT2D eigenvalue weighted by molar-refractivity contribution is -0.141. The van der Waals surface area contributed by atoms with Gasteiger partial charge in [0.25, 0.3) is 0 Å². The normalized spacial score (nSPS) is 16.1. The summed E-state index contributed by atoms with van der Waals surface area (Å²) in [6.07, 6.45) is 2.71. The number of carboxylic acid groups (broad SMARTS) is 1. The first kappa shape index (κ1) is 30.6. The summed E-state index contributed by atoms with van der Waals surface area (Å²) >= 11 is 0. The van der Waals surface area contributed by atoms with Gasteiger partial charge in [-0.15, -0.1) is 0 Å². The molecule has 0 radical (unpaired) electrons.